The molecule has 0 bridgehead atoms. The standard InChI is InChI=1S/C15H20N4O2S/c1-19(2)14-5-3-4-12(18-14)8-16-15(21)17-9-13(20)11-6-7-22-10-11/h3-7,10,13,20H,8-9H2,1-2H3,(H2,16,17,21). The first-order valence-electron chi connectivity index (χ1n) is 6.91. The van der Waals surface area contributed by atoms with Gasteiger partial charge in [0.25, 0.3) is 0 Å². The van der Waals surface area contributed by atoms with E-state index in [0.717, 1.165) is 17.1 Å². The molecular formula is C15H20N4O2S. The molecule has 6 nitrogen and oxygen atoms in total. The average molecular weight is 320 g/mol. The second-order valence-corrected chi connectivity index (χ2v) is 5.80. The lowest BCUT2D eigenvalue weighted by Crippen LogP contribution is -2.37. The first-order chi connectivity index (χ1) is 10.6. The predicted octanol–water partition coefficient (Wildman–Crippen LogP) is 1.74. The maximum atomic E-state index is 11.7. The molecule has 0 fully saturated rings. The number of aliphatic hydroxyl groups excluding tert-OH is 1. The minimum Gasteiger partial charge on any atom is -0.387 e. The number of thiophene rings is 1. The zero-order valence-electron chi connectivity index (χ0n) is 12.6. The number of nitrogens with one attached hydrogen (secondary N) is 2. The van der Waals surface area contributed by atoms with Crippen LogP contribution in [0.3, 0.4) is 0 Å². The van der Waals surface area contributed by atoms with E-state index in [1.807, 2.05) is 54.0 Å². The van der Waals surface area contributed by atoms with E-state index in [4.69, 9.17) is 0 Å². The third-order valence-corrected chi connectivity index (χ3v) is 3.77. The van der Waals surface area contributed by atoms with E-state index in [1.54, 1.807) is 0 Å². The summed E-state index contributed by atoms with van der Waals surface area (Å²) in [5, 5.41) is 19.0. The van der Waals surface area contributed by atoms with Crippen molar-refractivity contribution in [3.63, 3.8) is 0 Å². The highest BCUT2D eigenvalue weighted by Crippen LogP contribution is 2.14. The lowest BCUT2D eigenvalue weighted by atomic mass is 10.2. The van der Waals surface area contributed by atoms with Gasteiger partial charge in [0, 0.05) is 20.6 Å². The normalized spacial score (nSPS) is 11.8. The van der Waals surface area contributed by atoms with E-state index >= 15 is 0 Å². The quantitative estimate of drug-likeness (QED) is 0.758. The molecule has 0 radical (unpaired) electrons. The predicted molar refractivity (Wildman–Crippen MR) is 88.1 cm³/mol. The Kier molecular flexibility index (Phi) is 5.74. The van der Waals surface area contributed by atoms with Crippen LogP contribution in [0.15, 0.2) is 35.0 Å². The highest BCUT2D eigenvalue weighted by atomic mass is 32.1. The number of urea groups is 1. The molecule has 0 aliphatic rings. The number of hydrogen-bond acceptors (Lipinski definition) is 5. The summed E-state index contributed by atoms with van der Waals surface area (Å²) < 4.78 is 0. The van der Waals surface area contributed by atoms with Crippen LogP contribution in [0.4, 0.5) is 10.6 Å². The Morgan fingerprint density at radius 2 is 2.18 bits per heavy atom. The van der Waals surface area contributed by atoms with Gasteiger partial charge in [0.15, 0.2) is 0 Å². The number of hydrogen-bond donors (Lipinski definition) is 3. The van der Waals surface area contributed by atoms with Gasteiger partial charge in [-0.3, -0.25) is 0 Å². The van der Waals surface area contributed by atoms with Gasteiger partial charge in [0.1, 0.15) is 5.82 Å². The number of anilines is 1. The number of carbonyl (C=O) groups is 1. The summed E-state index contributed by atoms with van der Waals surface area (Å²) in [6.07, 6.45) is -0.688. The molecule has 0 saturated carbocycles. The van der Waals surface area contributed by atoms with Gasteiger partial charge in [-0.1, -0.05) is 6.07 Å². The third-order valence-electron chi connectivity index (χ3n) is 3.06. The smallest absolute Gasteiger partial charge is 0.315 e. The van der Waals surface area contributed by atoms with Gasteiger partial charge in [-0.15, -0.1) is 0 Å². The monoisotopic (exact) mass is 320 g/mol. The number of aromatic nitrogens is 1. The SMILES string of the molecule is CN(C)c1cccc(CNC(=O)NCC(O)c2ccsc2)n1. The van der Waals surface area contributed by atoms with Crippen molar-refractivity contribution in [1.29, 1.82) is 0 Å². The second kappa shape index (κ2) is 7.77. The summed E-state index contributed by atoms with van der Waals surface area (Å²) in [5.41, 5.74) is 1.59. The molecule has 0 spiro atoms. The van der Waals surface area contributed by atoms with Gasteiger partial charge in [-0.25, -0.2) is 9.78 Å². The molecule has 2 heterocycles. The average Bonchev–Trinajstić information content (AvgIpc) is 3.05. The van der Waals surface area contributed by atoms with Gasteiger partial charge < -0.3 is 20.6 Å². The van der Waals surface area contributed by atoms with Gasteiger partial charge in [0.05, 0.1) is 18.3 Å². The fourth-order valence-corrected chi connectivity index (χ4v) is 2.53. The Hall–Kier alpha value is -2.12. The lowest BCUT2D eigenvalue weighted by Gasteiger charge is -2.13. The van der Waals surface area contributed by atoms with Crippen LogP contribution in [0.5, 0.6) is 0 Å². The van der Waals surface area contributed by atoms with E-state index in [2.05, 4.69) is 15.6 Å². The van der Waals surface area contributed by atoms with Crippen molar-refractivity contribution in [1.82, 2.24) is 15.6 Å². The molecule has 1 unspecified atom stereocenters. The molecule has 2 aromatic heterocycles. The van der Waals surface area contributed by atoms with E-state index < -0.39 is 6.10 Å². The summed E-state index contributed by atoms with van der Waals surface area (Å²) in [7, 11) is 3.83. The van der Waals surface area contributed by atoms with Crippen molar-refractivity contribution in [2.24, 2.45) is 0 Å². The molecule has 2 aromatic rings. The zero-order chi connectivity index (χ0) is 15.9. The molecule has 118 valence electrons. The highest BCUT2D eigenvalue weighted by molar-refractivity contribution is 7.07. The number of amides is 2. The zero-order valence-corrected chi connectivity index (χ0v) is 13.4. The summed E-state index contributed by atoms with van der Waals surface area (Å²) in [5.74, 6) is 0.840. The first-order valence-corrected chi connectivity index (χ1v) is 7.85. The van der Waals surface area contributed by atoms with Gasteiger partial charge >= 0.3 is 6.03 Å². The number of aliphatic hydroxyl groups is 1. The topological polar surface area (TPSA) is 77.5 Å². The lowest BCUT2D eigenvalue weighted by molar-refractivity contribution is 0.173. The van der Waals surface area contributed by atoms with Crippen LogP contribution in [0.1, 0.15) is 17.4 Å². The second-order valence-electron chi connectivity index (χ2n) is 5.02. The third kappa shape index (κ3) is 4.71. The van der Waals surface area contributed by atoms with E-state index in [0.29, 0.717) is 6.54 Å². The van der Waals surface area contributed by atoms with Crippen molar-refractivity contribution in [3.05, 3.63) is 46.3 Å². The number of rotatable bonds is 6. The fourth-order valence-electron chi connectivity index (χ4n) is 1.82. The fraction of sp³-hybridized carbons (Fsp3) is 0.333. The summed E-state index contributed by atoms with van der Waals surface area (Å²) in [4.78, 5) is 18.1. The summed E-state index contributed by atoms with van der Waals surface area (Å²) in [6.45, 7) is 0.510. The molecule has 0 aliphatic carbocycles. The number of carbonyl (C=O) groups excluding carboxylic acids is 1. The van der Waals surface area contributed by atoms with Gasteiger partial charge in [0.2, 0.25) is 0 Å². The Morgan fingerprint density at radius 3 is 2.86 bits per heavy atom. The summed E-state index contributed by atoms with van der Waals surface area (Å²) >= 11 is 1.51. The van der Waals surface area contributed by atoms with Crippen LogP contribution < -0.4 is 15.5 Å². The Bertz CT molecular complexity index is 601. The van der Waals surface area contributed by atoms with Gasteiger partial charge in [-0.2, -0.15) is 11.3 Å². The van der Waals surface area contributed by atoms with Crippen LogP contribution in [-0.2, 0) is 6.54 Å². The Balaban J connectivity index is 1.77. The van der Waals surface area contributed by atoms with Crippen LogP contribution >= 0.6 is 11.3 Å². The maximum absolute atomic E-state index is 11.7. The maximum Gasteiger partial charge on any atom is 0.315 e. The van der Waals surface area contributed by atoms with Crippen LogP contribution in [0.2, 0.25) is 0 Å². The Morgan fingerprint density at radius 1 is 1.36 bits per heavy atom. The molecule has 1 atom stereocenters. The molecule has 0 aliphatic heterocycles. The van der Waals surface area contributed by atoms with Crippen molar-refractivity contribution in [2.45, 2.75) is 12.6 Å². The number of nitrogens with zero attached hydrogens (tertiary/aromatic N) is 2. The van der Waals surface area contributed by atoms with Crippen molar-refractivity contribution >= 4 is 23.2 Å². The highest BCUT2D eigenvalue weighted by Gasteiger charge is 2.09. The first kappa shape index (κ1) is 16.3. The van der Waals surface area contributed by atoms with Crippen molar-refractivity contribution in [2.75, 3.05) is 25.5 Å². The van der Waals surface area contributed by atoms with Crippen molar-refractivity contribution in [3.8, 4) is 0 Å². The van der Waals surface area contributed by atoms with Crippen LogP contribution in [0.25, 0.3) is 0 Å². The molecule has 22 heavy (non-hydrogen) atoms. The molecule has 3 N–H and O–H groups in total. The Labute approximate surface area is 133 Å². The van der Waals surface area contributed by atoms with Crippen molar-refractivity contribution < 1.29 is 9.90 Å². The van der Waals surface area contributed by atoms with Crippen LogP contribution in [-0.4, -0.2) is 36.8 Å². The van der Waals surface area contributed by atoms with Crippen LogP contribution in [0, 0.1) is 0 Å². The largest absolute Gasteiger partial charge is 0.387 e. The minimum absolute atomic E-state index is 0.174. The molecule has 0 saturated heterocycles. The molecule has 2 amide bonds. The minimum atomic E-state index is -0.688. The molecule has 0 aromatic carbocycles. The van der Waals surface area contributed by atoms with E-state index in [1.165, 1.54) is 11.3 Å². The molecular weight excluding hydrogens is 300 g/mol. The molecule has 7 heteroatoms. The number of pyridine rings is 1. The van der Waals surface area contributed by atoms with E-state index in [-0.39, 0.29) is 12.6 Å². The molecule has 2 rings (SSSR count). The van der Waals surface area contributed by atoms with Gasteiger partial charge in [-0.05, 0) is 34.5 Å². The summed E-state index contributed by atoms with van der Waals surface area (Å²) in [6, 6.07) is 7.17. The van der Waals surface area contributed by atoms with E-state index in [9.17, 15) is 9.90 Å².